The zero-order valence-corrected chi connectivity index (χ0v) is 16.5. The van der Waals surface area contributed by atoms with Gasteiger partial charge in [0.1, 0.15) is 4.90 Å². The van der Waals surface area contributed by atoms with Crippen molar-refractivity contribution in [3.05, 3.63) is 65.2 Å². The molecule has 0 radical (unpaired) electrons. The van der Waals surface area contributed by atoms with Crippen molar-refractivity contribution in [2.75, 3.05) is 19.6 Å². The Morgan fingerprint density at radius 2 is 1.74 bits per heavy atom. The average molecular weight is 417 g/mol. The van der Waals surface area contributed by atoms with Gasteiger partial charge in [0, 0.05) is 19.6 Å². The standard InChI is InChI=1S/C19H22F2N2O2S.ClH/c20-17-8-5-9-18(19(17)21)26(24,25)22-11-3-4-12-23-13-10-15-6-1-2-7-16(15)14-23;/h1-2,5-9,22H,3-4,10-14H2;1H. The Balaban J connectivity index is 0.00000261. The van der Waals surface area contributed by atoms with E-state index >= 15 is 0 Å². The van der Waals surface area contributed by atoms with Crippen LogP contribution < -0.4 is 4.72 Å². The van der Waals surface area contributed by atoms with E-state index < -0.39 is 26.6 Å². The molecular weight excluding hydrogens is 394 g/mol. The van der Waals surface area contributed by atoms with Gasteiger partial charge in [0.15, 0.2) is 11.6 Å². The quantitative estimate of drug-likeness (QED) is 0.703. The van der Waals surface area contributed by atoms with Crippen LogP contribution in [0.5, 0.6) is 0 Å². The minimum Gasteiger partial charge on any atom is -0.299 e. The van der Waals surface area contributed by atoms with E-state index in [4.69, 9.17) is 0 Å². The van der Waals surface area contributed by atoms with Crippen molar-refractivity contribution in [2.45, 2.75) is 30.7 Å². The third-order valence-electron chi connectivity index (χ3n) is 4.61. The molecule has 2 aromatic rings. The monoisotopic (exact) mass is 416 g/mol. The van der Waals surface area contributed by atoms with Gasteiger partial charge in [-0.15, -0.1) is 12.4 Å². The van der Waals surface area contributed by atoms with Crippen molar-refractivity contribution in [1.82, 2.24) is 9.62 Å². The molecule has 1 heterocycles. The molecule has 0 saturated heterocycles. The summed E-state index contributed by atoms with van der Waals surface area (Å²) in [4.78, 5) is 1.70. The number of nitrogens with one attached hydrogen (secondary N) is 1. The molecular formula is C19H23ClF2N2O2S. The van der Waals surface area contributed by atoms with E-state index in [0.29, 0.717) is 6.42 Å². The van der Waals surface area contributed by atoms with Crippen LogP contribution in [-0.2, 0) is 23.0 Å². The fourth-order valence-electron chi connectivity index (χ4n) is 3.18. The Bertz CT molecular complexity index is 878. The fourth-order valence-corrected chi connectivity index (χ4v) is 4.34. The van der Waals surface area contributed by atoms with Gasteiger partial charge in [-0.3, -0.25) is 4.90 Å². The highest BCUT2D eigenvalue weighted by molar-refractivity contribution is 7.89. The molecule has 1 aliphatic rings. The van der Waals surface area contributed by atoms with Gasteiger partial charge in [0.25, 0.3) is 0 Å². The maximum atomic E-state index is 13.6. The van der Waals surface area contributed by atoms with Crippen molar-refractivity contribution in [2.24, 2.45) is 0 Å². The second-order valence-corrected chi connectivity index (χ2v) is 8.19. The van der Waals surface area contributed by atoms with E-state index in [0.717, 1.165) is 44.6 Å². The Labute approximate surface area is 165 Å². The van der Waals surface area contributed by atoms with Crippen LogP contribution in [-0.4, -0.2) is 33.0 Å². The van der Waals surface area contributed by atoms with Crippen LogP contribution >= 0.6 is 12.4 Å². The lowest BCUT2D eigenvalue weighted by molar-refractivity contribution is 0.249. The Hall–Kier alpha value is -1.54. The second-order valence-electron chi connectivity index (χ2n) is 6.45. The number of nitrogens with zero attached hydrogens (tertiary/aromatic N) is 1. The lowest BCUT2D eigenvalue weighted by atomic mass is 10.00. The summed E-state index contributed by atoms with van der Waals surface area (Å²) in [6.45, 7) is 2.99. The largest absolute Gasteiger partial charge is 0.299 e. The van der Waals surface area contributed by atoms with E-state index in [-0.39, 0.29) is 19.0 Å². The summed E-state index contributed by atoms with van der Waals surface area (Å²) in [5, 5.41) is 0. The van der Waals surface area contributed by atoms with Gasteiger partial charge < -0.3 is 0 Å². The molecule has 0 aliphatic carbocycles. The smallest absolute Gasteiger partial charge is 0.243 e. The van der Waals surface area contributed by atoms with Gasteiger partial charge in [0.05, 0.1) is 0 Å². The normalized spacial score (nSPS) is 14.4. The molecule has 0 bridgehead atoms. The summed E-state index contributed by atoms with van der Waals surface area (Å²) >= 11 is 0. The minimum absolute atomic E-state index is 0. The summed E-state index contributed by atoms with van der Waals surface area (Å²) in [5.74, 6) is -2.51. The van der Waals surface area contributed by atoms with Crippen LogP contribution in [0.25, 0.3) is 0 Å². The van der Waals surface area contributed by atoms with Crippen molar-refractivity contribution >= 4 is 22.4 Å². The first-order chi connectivity index (χ1) is 12.5. The number of sulfonamides is 1. The molecule has 1 aliphatic heterocycles. The van der Waals surface area contributed by atoms with Gasteiger partial charge in [0.2, 0.25) is 10.0 Å². The van der Waals surface area contributed by atoms with E-state index in [9.17, 15) is 17.2 Å². The van der Waals surface area contributed by atoms with Gasteiger partial charge >= 0.3 is 0 Å². The van der Waals surface area contributed by atoms with E-state index in [1.807, 2.05) is 6.07 Å². The number of unbranched alkanes of at least 4 members (excludes halogenated alkanes) is 1. The molecule has 3 rings (SSSR count). The summed E-state index contributed by atoms with van der Waals surface area (Å²) in [7, 11) is -4.04. The van der Waals surface area contributed by atoms with Gasteiger partial charge in [-0.1, -0.05) is 30.3 Å². The zero-order valence-electron chi connectivity index (χ0n) is 14.8. The molecule has 0 fully saturated rings. The summed E-state index contributed by atoms with van der Waals surface area (Å²) in [5.41, 5.74) is 2.75. The highest BCUT2D eigenvalue weighted by Crippen LogP contribution is 2.19. The van der Waals surface area contributed by atoms with Crippen LogP contribution in [0.2, 0.25) is 0 Å². The topological polar surface area (TPSA) is 49.4 Å². The molecule has 0 unspecified atom stereocenters. The van der Waals surface area contributed by atoms with Gasteiger partial charge in [-0.25, -0.2) is 21.9 Å². The number of benzene rings is 2. The molecule has 0 atom stereocenters. The lowest BCUT2D eigenvalue weighted by Gasteiger charge is -2.28. The molecule has 0 amide bonds. The first-order valence-electron chi connectivity index (χ1n) is 8.70. The number of halogens is 3. The lowest BCUT2D eigenvalue weighted by Crippen LogP contribution is -2.32. The highest BCUT2D eigenvalue weighted by atomic mass is 35.5. The summed E-state index contributed by atoms with van der Waals surface area (Å²) in [6.07, 6.45) is 2.49. The van der Waals surface area contributed by atoms with Crippen LogP contribution in [0.4, 0.5) is 8.78 Å². The maximum absolute atomic E-state index is 13.6. The fraction of sp³-hybridized carbons (Fsp3) is 0.368. The molecule has 0 spiro atoms. The maximum Gasteiger partial charge on any atom is 0.243 e. The molecule has 0 aromatic heterocycles. The van der Waals surface area contributed by atoms with E-state index in [1.165, 1.54) is 17.2 Å². The van der Waals surface area contributed by atoms with Crippen LogP contribution in [0.15, 0.2) is 47.4 Å². The third-order valence-corrected chi connectivity index (χ3v) is 6.09. The molecule has 1 N–H and O–H groups in total. The molecule has 148 valence electrons. The van der Waals surface area contributed by atoms with E-state index in [2.05, 4.69) is 27.8 Å². The molecule has 0 saturated carbocycles. The highest BCUT2D eigenvalue weighted by Gasteiger charge is 2.21. The van der Waals surface area contributed by atoms with Crippen LogP contribution in [0.3, 0.4) is 0 Å². The average Bonchev–Trinajstić information content (AvgIpc) is 2.63. The number of hydrogen-bond acceptors (Lipinski definition) is 3. The summed E-state index contributed by atoms with van der Waals surface area (Å²) < 4.78 is 53.3. The second kappa shape index (κ2) is 9.59. The molecule has 4 nitrogen and oxygen atoms in total. The van der Waals surface area contributed by atoms with Gasteiger partial charge in [-0.2, -0.15) is 0 Å². The molecule has 27 heavy (non-hydrogen) atoms. The Kier molecular flexibility index (Phi) is 7.73. The third kappa shape index (κ3) is 5.48. The van der Waals surface area contributed by atoms with Crippen molar-refractivity contribution in [1.29, 1.82) is 0 Å². The zero-order chi connectivity index (χ0) is 18.6. The van der Waals surface area contributed by atoms with Crippen molar-refractivity contribution in [3.63, 3.8) is 0 Å². The van der Waals surface area contributed by atoms with E-state index in [1.54, 1.807) is 0 Å². The Morgan fingerprint density at radius 1 is 1.00 bits per heavy atom. The minimum atomic E-state index is -4.04. The molecule has 2 aromatic carbocycles. The first kappa shape index (κ1) is 21.8. The number of fused-ring (bicyclic) bond motifs is 1. The number of hydrogen-bond donors (Lipinski definition) is 1. The van der Waals surface area contributed by atoms with Gasteiger partial charge in [-0.05, 0) is 49.1 Å². The van der Waals surface area contributed by atoms with Crippen molar-refractivity contribution in [3.8, 4) is 0 Å². The predicted molar refractivity (Wildman–Crippen MR) is 103 cm³/mol. The van der Waals surface area contributed by atoms with Crippen LogP contribution in [0, 0.1) is 11.6 Å². The van der Waals surface area contributed by atoms with Crippen LogP contribution in [0.1, 0.15) is 24.0 Å². The number of rotatable bonds is 7. The van der Waals surface area contributed by atoms with Crippen molar-refractivity contribution < 1.29 is 17.2 Å². The first-order valence-corrected chi connectivity index (χ1v) is 10.2. The molecule has 8 heteroatoms. The predicted octanol–water partition coefficient (Wildman–Crippen LogP) is 3.50. The Morgan fingerprint density at radius 3 is 2.52 bits per heavy atom. The summed E-state index contributed by atoms with van der Waals surface area (Å²) in [6, 6.07) is 11.5. The SMILES string of the molecule is Cl.O=S(=O)(NCCCCN1CCc2ccccc2C1)c1cccc(F)c1F.